The quantitative estimate of drug-likeness (QED) is 0.719. The smallest absolute Gasteiger partial charge is 0.258 e. The van der Waals surface area contributed by atoms with Crippen LogP contribution in [0.15, 0.2) is 42.5 Å². The van der Waals surface area contributed by atoms with Crippen molar-refractivity contribution in [1.29, 1.82) is 0 Å². The largest absolute Gasteiger partial charge is 0.493 e. The zero-order valence-corrected chi connectivity index (χ0v) is 17.0. The summed E-state index contributed by atoms with van der Waals surface area (Å²) in [6, 6.07) is 13.5. The number of hydrogen-bond acceptors (Lipinski definition) is 6. The monoisotopic (exact) mass is 405 g/mol. The number of amides is 1. The molecule has 0 aliphatic carbocycles. The van der Waals surface area contributed by atoms with Gasteiger partial charge in [-0.2, -0.15) is 0 Å². The molecule has 1 N–H and O–H groups in total. The van der Waals surface area contributed by atoms with Crippen molar-refractivity contribution in [1.82, 2.24) is 5.32 Å². The molecule has 7 heteroatoms. The Bertz CT molecular complexity index is 778. The van der Waals surface area contributed by atoms with Gasteiger partial charge in [-0.1, -0.05) is 24.3 Å². The van der Waals surface area contributed by atoms with Crippen LogP contribution in [0.5, 0.6) is 17.2 Å². The number of rotatable bonds is 8. The summed E-state index contributed by atoms with van der Waals surface area (Å²) >= 11 is 3.84. The summed E-state index contributed by atoms with van der Waals surface area (Å²) in [6.07, 6.45) is 0. The third kappa shape index (κ3) is 5.26. The summed E-state index contributed by atoms with van der Waals surface area (Å²) in [5.41, 5.74) is 2.08. The molecule has 0 aromatic heterocycles. The van der Waals surface area contributed by atoms with Crippen molar-refractivity contribution < 1.29 is 19.0 Å². The first kappa shape index (κ1) is 19.8. The Labute approximate surface area is 168 Å². The highest BCUT2D eigenvalue weighted by atomic mass is 32.2. The fraction of sp³-hybridized carbons (Fsp3) is 0.350. The molecule has 1 heterocycles. The van der Waals surface area contributed by atoms with Crippen molar-refractivity contribution >= 4 is 29.4 Å². The molecule has 0 saturated carbocycles. The van der Waals surface area contributed by atoms with Gasteiger partial charge in [0.1, 0.15) is 5.75 Å². The molecule has 3 rings (SSSR count). The number of methoxy groups -OCH3 is 2. The predicted molar refractivity (Wildman–Crippen MR) is 111 cm³/mol. The molecule has 1 amide bonds. The highest BCUT2D eigenvalue weighted by molar-refractivity contribution is 8.19. The van der Waals surface area contributed by atoms with Crippen molar-refractivity contribution in [2.24, 2.45) is 0 Å². The fourth-order valence-corrected chi connectivity index (χ4v) is 5.64. The van der Waals surface area contributed by atoms with Gasteiger partial charge in [0, 0.05) is 23.6 Å². The zero-order chi connectivity index (χ0) is 19.1. The molecule has 5 nitrogen and oxygen atoms in total. The van der Waals surface area contributed by atoms with Crippen LogP contribution in [0, 0.1) is 0 Å². The fourth-order valence-electron chi connectivity index (χ4n) is 2.73. The summed E-state index contributed by atoms with van der Waals surface area (Å²) in [7, 11) is 3.18. The van der Waals surface area contributed by atoms with Gasteiger partial charge in [0.2, 0.25) is 0 Å². The second-order valence-corrected chi connectivity index (χ2v) is 8.59. The minimum Gasteiger partial charge on any atom is -0.493 e. The molecular formula is C20H23NO4S2. The summed E-state index contributed by atoms with van der Waals surface area (Å²) < 4.78 is 16.7. The van der Waals surface area contributed by atoms with Crippen molar-refractivity contribution in [3.63, 3.8) is 0 Å². The maximum absolute atomic E-state index is 12.2. The van der Waals surface area contributed by atoms with Crippen molar-refractivity contribution in [2.75, 3.05) is 32.3 Å². The molecule has 0 radical (unpaired) electrons. The minimum absolute atomic E-state index is 0.00758. The number of nitrogens with one attached hydrogen (secondary N) is 1. The Hall–Kier alpha value is -1.99. The van der Waals surface area contributed by atoms with Crippen LogP contribution >= 0.6 is 23.5 Å². The minimum atomic E-state index is -0.161. The second-order valence-electron chi connectivity index (χ2n) is 5.87. The maximum Gasteiger partial charge on any atom is 0.258 e. The van der Waals surface area contributed by atoms with Gasteiger partial charge in [0.25, 0.3) is 5.91 Å². The van der Waals surface area contributed by atoms with Gasteiger partial charge in [-0.3, -0.25) is 4.79 Å². The van der Waals surface area contributed by atoms with Gasteiger partial charge >= 0.3 is 0 Å². The molecule has 0 unspecified atom stereocenters. The van der Waals surface area contributed by atoms with Crippen LogP contribution in [0.1, 0.15) is 15.7 Å². The molecule has 144 valence electrons. The van der Waals surface area contributed by atoms with Crippen molar-refractivity contribution in [2.45, 2.75) is 11.1 Å². The standard InChI is InChI=1S/C20H23NO4S2/c1-23-17-8-7-14(11-18(17)24-2)12-21-19(22)13-25-16-6-4-3-5-15(16)20-26-9-10-27-20/h3-8,11,20H,9-10,12-13H2,1-2H3,(H,21,22). The van der Waals surface area contributed by atoms with E-state index in [4.69, 9.17) is 14.2 Å². The Morgan fingerprint density at radius 2 is 1.78 bits per heavy atom. The van der Waals surface area contributed by atoms with E-state index in [0.29, 0.717) is 22.6 Å². The highest BCUT2D eigenvalue weighted by Crippen LogP contribution is 2.48. The first-order valence-electron chi connectivity index (χ1n) is 8.64. The van der Waals surface area contributed by atoms with E-state index in [2.05, 4.69) is 11.4 Å². The lowest BCUT2D eigenvalue weighted by molar-refractivity contribution is -0.123. The van der Waals surface area contributed by atoms with E-state index >= 15 is 0 Å². The molecule has 1 fully saturated rings. The summed E-state index contributed by atoms with van der Waals surface area (Å²) in [5, 5.41) is 2.88. The van der Waals surface area contributed by atoms with Crippen molar-refractivity contribution in [3.8, 4) is 17.2 Å². The molecule has 0 bridgehead atoms. The van der Waals surface area contributed by atoms with E-state index in [1.165, 1.54) is 0 Å². The van der Waals surface area contributed by atoms with E-state index in [1.54, 1.807) is 14.2 Å². The van der Waals surface area contributed by atoms with E-state index < -0.39 is 0 Å². The Morgan fingerprint density at radius 3 is 2.52 bits per heavy atom. The molecule has 1 aliphatic heterocycles. The average molecular weight is 406 g/mol. The molecular weight excluding hydrogens is 382 g/mol. The van der Waals surface area contributed by atoms with E-state index in [9.17, 15) is 4.79 Å². The van der Waals surface area contributed by atoms with Gasteiger partial charge in [-0.15, -0.1) is 23.5 Å². The van der Waals surface area contributed by atoms with Gasteiger partial charge < -0.3 is 19.5 Å². The molecule has 1 aliphatic rings. The van der Waals surface area contributed by atoms with Crippen LogP contribution in [-0.4, -0.2) is 38.2 Å². The van der Waals surface area contributed by atoms with Gasteiger partial charge in [-0.05, 0) is 23.8 Å². The lowest BCUT2D eigenvalue weighted by atomic mass is 10.2. The Kier molecular flexibility index (Phi) is 7.18. The van der Waals surface area contributed by atoms with Crippen LogP contribution in [0.4, 0.5) is 0 Å². The SMILES string of the molecule is COc1ccc(CNC(=O)COc2ccccc2C2SCCS2)cc1OC. The number of hydrogen-bond donors (Lipinski definition) is 1. The molecule has 1 saturated heterocycles. The van der Waals surface area contributed by atoms with Gasteiger partial charge in [0.05, 0.1) is 18.8 Å². The van der Waals surface area contributed by atoms with Crippen molar-refractivity contribution in [3.05, 3.63) is 53.6 Å². The highest BCUT2D eigenvalue weighted by Gasteiger charge is 2.21. The number of benzene rings is 2. The third-order valence-electron chi connectivity index (χ3n) is 4.09. The second kappa shape index (κ2) is 9.80. The Morgan fingerprint density at radius 1 is 1.04 bits per heavy atom. The summed E-state index contributed by atoms with van der Waals surface area (Å²) in [4.78, 5) is 12.2. The molecule has 0 atom stereocenters. The van der Waals surface area contributed by atoms with Crippen LogP contribution in [-0.2, 0) is 11.3 Å². The maximum atomic E-state index is 12.2. The van der Waals surface area contributed by atoms with E-state index in [-0.39, 0.29) is 12.5 Å². The third-order valence-corrected chi connectivity index (χ3v) is 7.16. The molecule has 2 aromatic carbocycles. The topological polar surface area (TPSA) is 56.8 Å². The van der Waals surface area contributed by atoms with Crippen LogP contribution in [0.25, 0.3) is 0 Å². The number of para-hydroxylation sites is 1. The first-order chi connectivity index (χ1) is 13.2. The normalized spacial score (nSPS) is 14.0. The Balaban J connectivity index is 1.53. The summed E-state index contributed by atoms with van der Waals surface area (Å²) in [6.45, 7) is 0.394. The number of ether oxygens (including phenoxy) is 3. The lowest BCUT2D eigenvalue weighted by Crippen LogP contribution is -2.28. The molecule has 27 heavy (non-hydrogen) atoms. The lowest BCUT2D eigenvalue weighted by Gasteiger charge is -2.15. The van der Waals surface area contributed by atoms with Gasteiger partial charge in [0.15, 0.2) is 18.1 Å². The predicted octanol–water partition coefficient (Wildman–Crippen LogP) is 3.88. The average Bonchev–Trinajstić information content (AvgIpc) is 3.25. The van der Waals surface area contributed by atoms with Crippen LogP contribution in [0.2, 0.25) is 0 Å². The number of carbonyl (C=O) groups excluding carboxylic acids is 1. The zero-order valence-electron chi connectivity index (χ0n) is 15.4. The molecule has 0 spiro atoms. The van der Waals surface area contributed by atoms with E-state index in [0.717, 1.165) is 28.4 Å². The number of thioether (sulfide) groups is 2. The van der Waals surface area contributed by atoms with Crippen LogP contribution < -0.4 is 19.5 Å². The number of carbonyl (C=O) groups is 1. The molecule has 2 aromatic rings. The van der Waals surface area contributed by atoms with E-state index in [1.807, 2.05) is 59.9 Å². The van der Waals surface area contributed by atoms with Gasteiger partial charge in [-0.25, -0.2) is 0 Å². The first-order valence-corrected chi connectivity index (χ1v) is 10.7. The van der Waals surface area contributed by atoms with Crippen LogP contribution in [0.3, 0.4) is 0 Å². The summed E-state index contributed by atoms with van der Waals surface area (Å²) in [5.74, 6) is 4.22.